The van der Waals surface area contributed by atoms with Crippen LogP contribution in [0, 0.1) is 6.92 Å². The summed E-state index contributed by atoms with van der Waals surface area (Å²) in [6.45, 7) is 6.43. The highest BCUT2D eigenvalue weighted by Gasteiger charge is 2.47. The molecule has 2 saturated heterocycles. The van der Waals surface area contributed by atoms with Gasteiger partial charge in [0, 0.05) is 6.20 Å². The number of aryl methyl sites for hydroxylation is 2. The summed E-state index contributed by atoms with van der Waals surface area (Å²) in [6.07, 6.45) is 7.85. The van der Waals surface area contributed by atoms with Crippen LogP contribution >= 0.6 is 23.4 Å². The van der Waals surface area contributed by atoms with Gasteiger partial charge in [0.05, 0.1) is 53.5 Å². The maximum Gasteiger partial charge on any atom is 0.158 e. The summed E-state index contributed by atoms with van der Waals surface area (Å²) in [7, 11) is 0. The number of thioether (sulfide) groups is 1. The lowest BCUT2D eigenvalue weighted by Gasteiger charge is -2.18. The number of aliphatic hydroxyl groups is 1. The summed E-state index contributed by atoms with van der Waals surface area (Å²) in [5.74, 6) is 1.29. The number of aliphatic imine (C=N–C) groups is 1. The Balaban J connectivity index is 1.20. The summed E-state index contributed by atoms with van der Waals surface area (Å²) in [5.41, 5.74) is 5.77. The first-order valence-corrected chi connectivity index (χ1v) is 15.1. The van der Waals surface area contributed by atoms with Crippen LogP contribution in [0.5, 0.6) is 0 Å². The monoisotopic (exact) mass is 570 g/mol. The van der Waals surface area contributed by atoms with E-state index in [1.165, 1.54) is 16.7 Å². The van der Waals surface area contributed by atoms with E-state index in [1.54, 1.807) is 11.8 Å². The Labute approximate surface area is 238 Å². The van der Waals surface area contributed by atoms with Gasteiger partial charge in [0.1, 0.15) is 24.1 Å². The zero-order chi connectivity index (χ0) is 26.9. The van der Waals surface area contributed by atoms with Crippen LogP contribution in [0.2, 0.25) is 5.02 Å². The second-order valence-corrected chi connectivity index (χ2v) is 12.3. The van der Waals surface area contributed by atoms with Gasteiger partial charge in [0.15, 0.2) is 5.82 Å². The lowest BCUT2D eigenvalue weighted by atomic mass is 10.0. The van der Waals surface area contributed by atoms with Crippen molar-refractivity contribution in [3.63, 3.8) is 0 Å². The lowest BCUT2D eigenvalue weighted by Crippen LogP contribution is -2.30. The first-order valence-electron chi connectivity index (χ1n) is 13.8. The molecule has 5 atom stereocenters. The minimum absolute atomic E-state index is 0.0465. The zero-order valence-electron chi connectivity index (χ0n) is 22.4. The molecule has 3 aliphatic heterocycles. The highest BCUT2D eigenvalue weighted by atomic mass is 35.5. The van der Waals surface area contributed by atoms with Gasteiger partial charge in [-0.05, 0) is 67.0 Å². The number of anilines is 1. The van der Waals surface area contributed by atoms with E-state index in [4.69, 9.17) is 40.8 Å². The van der Waals surface area contributed by atoms with Crippen molar-refractivity contribution in [3.05, 3.63) is 51.8 Å². The van der Waals surface area contributed by atoms with Crippen molar-refractivity contribution in [1.82, 2.24) is 9.97 Å². The van der Waals surface area contributed by atoms with Crippen molar-refractivity contribution < 1.29 is 19.3 Å². The molecule has 5 heterocycles. The fourth-order valence-electron chi connectivity index (χ4n) is 5.72. The van der Waals surface area contributed by atoms with E-state index in [9.17, 15) is 5.11 Å². The Hall–Kier alpha value is -2.01. The second kappa shape index (κ2) is 11.8. The Morgan fingerprint density at radius 3 is 2.92 bits per heavy atom. The second-order valence-electron chi connectivity index (χ2n) is 10.6. The number of fused-ring (bicyclic) bond motifs is 2. The molecule has 6 rings (SSSR count). The van der Waals surface area contributed by atoms with Crippen LogP contribution in [0.4, 0.5) is 11.6 Å². The van der Waals surface area contributed by atoms with Gasteiger partial charge >= 0.3 is 0 Å². The smallest absolute Gasteiger partial charge is 0.158 e. The largest absolute Gasteiger partial charge is 0.388 e. The standard InChI is InChI=1S/C29H35ClN4O4S/c1-3-4-24(39-23-15-38-26-22(35)14-37-27(23)26)33-28-16(2)11-20(30)29(34-28)32-21-6-5-18-12-19(13-31-25(18)21)17-7-9-36-10-8-17/h7,11-13,21-23,26-27,35H,3-6,8-10,14-15H2,1-2H3,(H,32,34)/t21?,22-,23-,26-,27-/m1/s1. The van der Waals surface area contributed by atoms with Crippen LogP contribution in [0.3, 0.4) is 0 Å². The molecule has 4 aliphatic rings. The summed E-state index contributed by atoms with van der Waals surface area (Å²) < 4.78 is 17.1. The van der Waals surface area contributed by atoms with Crippen molar-refractivity contribution in [3.8, 4) is 0 Å². The zero-order valence-corrected chi connectivity index (χ0v) is 23.9. The number of ether oxygens (including phenoxy) is 3. The first kappa shape index (κ1) is 27.2. The van der Waals surface area contributed by atoms with Crippen LogP contribution in [0.15, 0.2) is 29.4 Å². The van der Waals surface area contributed by atoms with Gasteiger partial charge in [0.2, 0.25) is 0 Å². The van der Waals surface area contributed by atoms with Gasteiger partial charge in [-0.2, -0.15) is 0 Å². The number of aromatic nitrogens is 2. The Bertz CT molecular complexity index is 1290. The van der Waals surface area contributed by atoms with E-state index in [0.717, 1.165) is 55.0 Å². The summed E-state index contributed by atoms with van der Waals surface area (Å²) in [4.78, 5) is 14.7. The molecule has 0 spiro atoms. The predicted molar refractivity (Wildman–Crippen MR) is 155 cm³/mol. The predicted octanol–water partition coefficient (Wildman–Crippen LogP) is 5.43. The average molecular weight is 571 g/mol. The summed E-state index contributed by atoms with van der Waals surface area (Å²) in [6, 6.07) is 4.25. The number of nitrogens with one attached hydrogen (secondary N) is 1. The van der Waals surface area contributed by atoms with E-state index in [1.807, 2.05) is 19.2 Å². The molecule has 2 fully saturated rings. The fourth-order valence-corrected chi connectivity index (χ4v) is 7.30. The SMILES string of the molecule is CCCC(=Nc1nc(NC2CCc3cc(C4=CCOCC4)cnc32)c(Cl)cc1C)S[C@@H]1CO[C@H]2[C@@H]1OC[C@H]2O. The van der Waals surface area contributed by atoms with E-state index in [0.29, 0.717) is 36.5 Å². The van der Waals surface area contributed by atoms with Crippen molar-refractivity contribution in [2.24, 2.45) is 4.99 Å². The molecular weight excluding hydrogens is 536 g/mol. The number of nitrogens with zero attached hydrogens (tertiary/aromatic N) is 3. The van der Waals surface area contributed by atoms with Gasteiger partial charge < -0.3 is 24.6 Å². The molecule has 0 aromatic carbocycles. The molecule has 0 saturated carbocycles. The van der Waals surface area contributed by atoms with E-state index >= 15 is 0 Å². The number of aliphatic hydroxyl groups excluding tert-OH is 1. The van der Waals surface area contributed by atoms with Gasteiger partial charge in [-0.25, -0.2) is 9.98 Å². The van der Waals surface area contributed by atoms with Crippen molar-refractivity contribution >= 4 is 45.6 Å². The maximum atomic E-state index is 10.1. The normalized spacial score (nSPS) is 28.4. The summed E-state index contributed by atoms with van der Waals surface area (Å²) in [5, 5.41) is 15.3. The molecule has 10 heteroatoms. The molecule has 0 bridgehead atoms. The van der Waals surface area contributed by atoms with Crippen LogP contribution in [0.1, 0.15) is 61.0 Å². The van der Waals surface area contributed by atoms with Gasteiger partial charge in [-0.3, -0.25) is 4.98 Å². The molecule has 1 unspecified atom stereocenters. The number of hydrogen-bond acceptors (Lipinski definition) is 9. The average Bonchev–Trinajstić information content (AvgIpc) is 3.64. The summed E-state index contributed by atoms with van der Waals surface area (Å²) >= 11 is 8.35. The molecule has 2 N–H and O–H groups in total. The quantitative estimate of drug-likeness (QED) is 0.336. The third-order valence-electron chi connectivity index (χ3n) is 7.78. The van der Waals surface area contributed by atoms with Crippen LogP contribution < -0.4 is 5.32 Å². The Kier molecular flexibility index (Phi) is 8.25. The third kappa shape index (κ3) is 5.76. The molecule has 8 nitrogen and oxygen atoms in total. The molecular formula is C29H35ClN4O4S. The van der Waals surface area contributed by atoms with E-state index in [-0.39, 0.29) is 23.5 Å². The van der Waals surface area contributed by atoms with Crippen molar-refractivity contribution in [2.45, 2.75) is 75.6 Å². The molecule has 0 radical (unpaired) electrons. The molecule has 2 aromatic heterocycles. The minimum atomic E-state index is -0.554. The minimum Gasteiger partial charge on any atom is -0.388 e. The van der Waals surface area contributed by atoms with Gasteiger partial charge in [0.25, 0.3) is 0 Å². The number of pyridine rings is 2. The van der Waals surface area contributed by atoms with Gasteiger partial charge in [-0.1, -0.05) is 31.0 Å². The fraction of sp³-hybridized carbons (Fsp3) is 0.552. The Morgan fingerprint density at radius 2 is 2.10 bits per heavy atom. The van der Waals surface area contributed by atoms with E-state index < -0.39 is 6.10 Å². The molecule has 0 amide bonds. The van der Waals surface area contributed by atoms with Crippen LogP contribution in [-0.2, 0) is 20.6 Å². The number of halogens is 1. The van der Waals surface area contributed by atoms with Crippen LogP contribution in [-0.4, -0.2) is 70.1 Å². The molecule has 1 aliphatic carbocycles. The highest BCUT2D eigenvalue weighted by molar-refractivity contribution is 8.14. The lowest BCUT2D eigenvalue weighted by molar-refractivity contribution is 0.0188. The number of rotatable bonds is 7. The van der Waals surface area contributed by atoms with Crippen molar-refractivity contribution in [1.29, 1.82) is 0 Å². The van der Waals surface area contributed by atoms with E-state index in [2.05, 4.69) is 24.4 Å². The molecule has 39 heavy (non-hydrogen) atoms. The van der Waals surface area contributed by atoms with Crippen molar-refractivity contribution in [2.75, 3.05) is 31.7 Å². The highest BCUT2D eigenvalue weighted by Crippen LogP contribution is 2.38. The number of hydrogen-bond donors (Lipinski definition) is 2. The van der Waals surface area contributed by atoms with Gasteiger partial charge in [-0.15, -0.1) is 11.8 Å². The molecule has 208 valence electrons. The molecule has 2 aromatic rings. The van der Waals surface area contributed by atoms with Crippen LogP contribution in [0.25, 0.3) is 5.57 Å². The topological polar surface area (TPSA) is 98.1 Å². The first-order chi connectivity index (χ1) is 19.0. The third-order valence-corrected chi connectivity index (χ3v) is 9.35. The Morgan fingerprint density at radius 1 is 1.23 bits per heavy atom. The maximum absolute atomic E-state index is 10.1.